The largest absolute Gasteiger partial charge is 0.366 e. The van der Waals surface area contributed by atoms with E-state index in [0.29, 0.717) is 12.0 Å². The van der Waals surface area contributed by atoms with Crippen molar-refractivity contribution in [3.8, 4) is 0 Å². The summed E-state index contributed by atoms with van der Waals surface area (Å²) in [5.74, 6) is 0. The first-order chi connectivity index (χ1) is 13.2. The number of hydrogen-bond acceptors (Lipinski definition) is 6. The first-order valence-electron chi connectivity index (χ1n) is 8.71. The van der Waals surface area contributed by atoms with Gasteiger partial charge in [0.15, 0.2) is 5.72 Å². The van der Waals surface area contributed by atoms with E-state index in [1.807, 2.05) is 37.3 Å². The van der Waals surface area contributed by atoms with Crippen LogP contribution >= 0.6 is 35.8 Å². The fraction of sp³-hybridized carbons (Fsp3) is 0.316. The third-order valence-electron chi connectivity index (χ3n) is 4.83. The Bertz CT molecular complexity index is 989. The number of nitrogens with one attached hydrogen (secondary N) is 2. The zero-order valence-corrected chi connectivity index (χ0v) is 19.1. The lowest BCUT2D eigenvalue weighted by molar-refractivity contribution is -0.0348. The van der Waals surface area contributed by atoms with Crippen molar-refractivity contribution in [3.05, 3.63) is 64.7 Å². The maximum absolute atomic E-state index is 12.8. The van der Waals surface area contributed by atoms with Crippen LogP contribution in [0.3, 0.4) is 0 Å². The van der Waals surface area contributed by atoms with Crippen LogP contribution in [-0.2, 0) is 22.2 Å². The summed E-state index contributed by atoms with van der Waals surface area (Å²) in [5.41, 5.74) is -0.362. The number of rotatable bonds is 6. The molecule has 0 saturated carbocycles. The van der Waals surface area contributed by atoms with Crippen LogP contribution in [0, 0.1) is 5.41 Å². The molecule has 0 spiro atoms. The number of aliphatic hydroxyl groups is 1. The van der Waals surface area contributed by atoms with Gasteiger partial charge in [-0.15, -0.1) is 12.4 Å². The monoisotopic (exact) mass is 475 g/mol. The maximum Gasteiger partial charge on any atom is 0.242 e. The third-order valence-corrected chi connectivity index (χ3v) is 7.95. The Morgan fingerprint density at radius 2 is 1.93 bits per heavy atom. The number of sulfonamides is 1. The van der Waals surface area contributed by atoms with Gasteiger partial charge in [0.25, 0.3) is 0 Å². The highest BCUT2D eigenvalue weighted by molar-refractivity contribution is 8.14. The van der Waals surface area contributed by atoms with Crippen molar-refractivity contribution < 1.29 is 13.5 Å². The third kappa shape index (κ3) is 4.80. The second-order valence-corrected chi connectivity index (χ2v) is 10.1. The second kappa shape index (κ2) is 9.34. The van der Waals surface area contributed by atoms with Gasteiger partial charge in [0.05, 0.1) is 10.4 Å². The molecule has 0 bridgehead atoms. The summed E-state index contributed by atoms with van der Waals surface area (Å²) >= 11 is 7.38. The lowest BCUT2D eigenvalue weighted by atomic mass is 10.0. The van der Waals surface area contributed by atoms with Crippen LogP contribution in [0.1, 0.15) is 18.1 Å². The van der Waals surface area contributed by atoms with Gasteiger partial charge in [-0.25, -0.2) is 13.1 Å². The highest BCUT2D eigenvalue weighted by Crippen LogP contribution is 2.43. The van der Waals surface area contributed by atoms with Gasteiger partial charge in [-0.2, -0.15) is 0 Å². The minimum atomic E-state index is -3.88. The van der Waals surface area contributed by atoms with Gasteiger partial charge in [0.2, 0.25) is 10.0 Å². The molecule has 0 aliphatic carbocycles. The molecule has 2 aromatic carbocycles. The predicted octanol–water partition coefficient (Wildman–Crippen LogP) is 3.43. The highest BCUT2D eigenvalue weighted by Gasteiger charge is 2.48. The minimum absolute atomic E-state index is 0. The molecular weight excluding hydrogens is 453 g/mol. The first kappa shape index (κ1) is 24.1. The van der Waals surface area contributed by atoms with Gasteiger partial charge >= 0.3 is 0 Å². The Kier molecular flexibility index (Phi) is 7.78. The quantitative estimate of drug-likeness (QED) is 0.594. The molecule has 2 unspecified atom stereocenters. The normalized spacial score (nSPS) is 22.5. The highest BCUT2D eigenvalue weighted by atomic mass is 35.5. The van der Waals surface area contributed by atoms with Crippen molar-refractivity contribution >= 4 is 50.8 Å². The fourth-order valence-electron chi connectivity index (χ4n) is 3.07. The van der Waals surface area contributed by atoms with Gasteiger partial charge in [-0.05, 0) is 38.1 Å². The van der Waals surface area contributed by atoms with E-state index in [1.165, 1.54) is 23.9 Å². The van der Waals surface area contributed by atoms with Crippen LogP contribution in [0.4, 0.5) is 0 Å². The van der Waals surface area contributed by atoms with Gasteiger partial charge in [-0.1, -0.05) is 59.8 Å². The van der Waals surface area contributed by atoms with Crippen LogP contribution in [0.15, 0.2) is 53.4 Å². The second-order valence-electron chi connectivity index (χ2n) is 6.61. The molecule has 1 aliphatic rings. The molecule has 3 N–H and O–H groups in total. The molecule has 0 radical (unpaired) electrons. The van der Waals surface area contributed by atoms with Gasteiger partial charge < -0.3 is 5.11 Å². The molecular formula is C19H23Cl2N3O3S2. The average Bonchev–Trinajstić information content (AvgIpc) is 2.86. The summed E-state index contributed by atoms with van der Waals surface area (Å²) < 4.78 is 28.1. The Hall–Kier alpha value is -1.13. The van der Waals surface area contributed by atoms with Crippen LogP contribution in [0.25, 0.3) is 0 Å². The van der Waals surface area contributed by atoms with Crippen molar-refractivity contribution in [2.75, 3.05) is 13.6 Å². The topological polar surface area (TPSA) is 93.5 Å². The van der Waals surface area contributed by atoms with E-state index in [2.05, 4.69) is 4.72 Å². The fourth-order valence-corrected chi connectivity index (χ4v) is 5.70. The van der Waals surface area contributed by atoms with Crippen LogP contribution in [0.2, 0.25) is 5.02 Å². The molecule has 1 saturated heterocycles. The standard InChI is InChI=1S/C19H22ClN3O3S2.ClH/c1-13-23(2)19(24,18(21)27-13)15-8-9-16(20)17(12-15)28(25,26)22-11-10-14-6-4-3-5-7-14;/h3-9,12-13,21-22,24H,10-11H2,1-2H3;1H. The molecule has 1 heterocycles. The van der Waals surface area contributed by atoms with Crippen LogP contribution in [-0.4, -0.2) is 42.4 Å². The maximum atomic E-state index is 12.8. The van der Waals surface area contributed by atoms with E-state index >= 15 is 0 Å². The summed E-state index contributed by atoms with van der Waals surface area (Å²) in [6.45, 7) is 2.09. The predicted molar refractivity (Wildman–Crippen MR) is 120 cm³/mol. The molecule has 1 aliphatic heterocycles. The molecule has 10 heteroatoms. The summed E-state index contributed by atoms with van der Waals surface area (Å²) in [4.78, 5) is 1.52. The van der Waals surface area contributed by atoms with E-state index in [1.54, 1.807) is 18.0 Å². The zero-order chi connectivity index (χ0) is 20.5. The van der Waals surface area contributed by atoms with Crippen molar-refractivity contribution in [2.24, 2.45) is 0 Å². The zero-order valence-electron chi connectivity index (χ0n) is 15.9. The number of thioether (sulfide) groups is 1. The Balaban J connectivity index is 0.00000300. The van der Waals surface area contributed by atoms with E-state index in [-0.39, 0.29) is 39.3 Å². The molecule has 29 heavy (non-hydrogen) atoms. The first-order valence-corrected chi connectivity index (χ1v) is 11.4. The Morgan fingerprint density at radius 1 is 1.28 bits per heavy atom. The number of hydrogen-bond donors (Lipinski definition) is 3. The molecule has 2 aromatic rings. The van der Waals surface area contributed by atoms with Crippen LogP contribution < -0.4 is 4.72 Å². The molecule has 6 nitrogen and oxygen atoms in total. The smallest absolute Gasteiger partial charge is 0.242 e. The van der Waals surface area contributed by atoms with Gasteiger partial charge in [-0.3, -0.25) is 10.3 Å². The van der Waals surface area contributed by atoms with E-state index < -0.39 is 15.7 Å². The minimum Gasteiger partial charge on any atom is -0.366 e. The van der Waals surface area contributed by atoms with Crippen molar-refractivity contribution in [1.82, 2.24) is 9.62 Å². The van der Waals surface area contributed by atoms with Crippen molar-refractivity contribution in [3.63, 3.8) is 0 Å². The van der Waals surface area contributed by atoms with E-state index in [0.717, 1.165) is 5.56 Å². The number of halogens is 2. The lowest BCUT2D eigenvalue weighted by Gasteiger charge is -2.32. The van der Waals surface area contributed by atoms with Crippen LogP contribution in [0.5, 0.6) is 0 Å². The summed E-state index contributed by atoms with van der Waals surface area (Å²) in [5, 5.41) is 19.3. The molecule has 1 fully saturated rings. The van der Waals surface area contributed by atoms with Crippen molar-refractivity contribution in [2.45, 2.75) is 29.3 Å². The summed E-state index contributed by atoms with van der Waals surface area (Å²) in [6, 6.07) is 13.9. The van der Waals surface area contributed by atoms with Crippen molar-refractivity contribution in [1.29, 1.82) is 5.41 Å². The molecule has 0 amide bonds. The Labute approximate surface area is 186 Å². The van der Waals surface area contributed by atoms with E-state index in [4.69, 9.17) is 17.0 Å². The van der Waals surface area contributed by atoms with Gasteiger partial charge in [0, 0.05) is 12.1 Å². The number of benzene rings is 2. The molecule has 158 valence electrons. The molecule has 2 atom stereocenters. The van der Waals surface area contributed by atoms with E-state index in [9.17, 15) is 13.5 Å². The Morgan fingerprint density at radius 3 is 2.52 bits per heavy atom. The molecule has 0 aromatic heterocycles. The summed E-state index contributed by atoms with van der Waals surface area (Å²) in [6.07, 6.45) is 0.544. The van der Waals surface area contributed by atoms with Gasteiger partial charge in [0.1, 0.15) is 9.94 Å². The SMILES string of the molecule is CC1SC(=N)C(O)(c2ccc(Cl)c(S(=O)(=O)NCCc3ccccc3)c2)N1C.Cl. The lowest BCUT2D eigenvalue weighted by Crippen LogP contribution is -2.45. The number of nitrogens with zero attached hydrogens (tertiary/aromatic N) is 1. The molecule has 3 rings (SSSR count). The average molecular weight is 476 g/mol. The summed E-state index contributed by atoms with van der Waals surface area (Å²) in [7, 11) is -2.18.